The van der Waals surface area contributed by atoms with Gasteiger partial charge < -0.3 is 5.73 Å². The molecule has 0 saturated heterocycles. The number of rotatable bonds is 1. The molecule has 0 aliphatic carbocycles. The molecule has 0 aliphatic rings. The average Bonchev–Trinajstić information content (AvgIpc) is 1.92. The molecular weight excluding hydrogens is 200 g/mol. The first kappa shape index (κ1) is 9.28. The third-order valence-electron chi connectivity index (χ3n) is 1.38. The molecule has 0 bridgehead atoms. The van der Waals surface area contributed by atoms with Crippen LogP contribution in [0.25, 0.3) is 0 Å². The molecule has 0 unspecified atom stereocenters. The summed E-state index contributed by atoms with van der Waals surface area (Å²) in [7, 11) is 1.35. The maximum Gasteiger partial charge on any atom is 0.262 e. The molecule has 0 fully saturated rings. The molecule has 4 nitrogen and oxygen atoms in total. The van der Waals surface area contributed by atoms with Gasteiger partial charge in [0.05, 0.1) is 11.4 Å². The van der Waals surface area contributed by atoms with Crippen molar-refractivity contribution >= 4 is 25.4 Å². The van der Waals surface area contributed by atoms with E-state index in [2.05, 4.69) is 4.98 Å². The molecule has 6 heteroatoms. The van der Waals surface area contributed by atoms with Gasteiger partial charge >= 0.3 is 0 Å². The van der Waals surface area contributed by atoms with Crippen molar-refractivity contribution < 1.29 is 8.42 Å². The summed E-state index contributed by atoms with van der Waals surface area (Å²) in [5, 5.41) is 0. The number of hydrogen-bond acceptors (Lipinski definition) is 4. The summed E-state index contributed by atoms with van der Waals surface area (Å²) in [5.41, 5.74) is 6.33. The van der Waals surface area contributed by atoms with Crippen LogP contribution in [0.1, 0.15) is 5.69 Å². The van der Waals surface area contributed by atoms with E-state index in [0.717, 1.165) is 0 Å². The monoisotopic (exact) mass is 206 g/mol. The van der Waals surface area contributed by atoms with Crippen LogP contribution in [0.2, 0.25) is 0 Å². The van der Waals surface area contributed by atoms with Crippen molar-refractivity contribution in [3.05, 3.63) is 18.0 Å². The Morgan fingerprint density at radius 3 is 2.58 bits per heavy atom. The fraction of sp³-hybridized carbons (Fsp3) is 0.167. The van der Waals surface area contributed by atoms with Gasteiger partial charge in [0.15, 0.2) is 0 Å². The summed E-state index contributed by atoms with van der Waals surface area (Å²) in [6, 6.07) is 1.28. The zero-order chi connectivity index (χ0) is 9.35. The number of nitrogens with zero attached hydrogens (tertiary/aromatic N) is 1. The van der Waals surface area contributed by atoms with E-state index in [1.54, 1.807) is 6.92 Å². The molecule has 1 rings (SSSR count). The van der Waals surface area contributed by atoms with E-state index in [9.17, 15) is 8.42 Å². The lowest BCUT2D eigenvalue weighted by molar-refractivity contribution is 0.609. The third-order valence-corrected chi connectivity index (χ3v) is 2.70. The normalized spacial score (nSPS) is 11.5. The molecule has 1 aromatic heterocycles. The van der Waals surface area contributed by atoms with Crippen molar-refractivity contribution in [3.8, 4) is 0 Å². The second-order valence-corrected chi connectivity index (χ2v) is 4.85. The Bertz CT molecular complexity index is 402. The maximum atomic E-state index is 10.8. The van der Waals surface area contributed by atoms with Gasteiger partial charge in [0.1, 0.15) is 4.90 Å². The number of aryl methyl sites for hydroxylation is 1. The van der Waals surface area contributed by atoms with Gasteiger partial charge in [-0.05, 0) is 13.0 Å². The van der Waals surface area contributed by atoms with Crippen LogP contribution in [-0.2, 0) is 9.05 Å². The lowest BCUT2D eigenvalue weighted by Gasteiger charge is -1.99. The molecule has 2 N–H and O–H groups in total. The van der Waals surface area contributed by atoms with Crippen molar-refractivity contribution in [1.29, 1.82) is 0 Å². The molecule has 1 heterocycles. The molecule has 0 aliphatic heterocycles. The van der Waals surface area contributed by atoms with E-state index in [1.807, 2.05) is 0 Å². The van der Waals surface area contributed by atoms with Gasteiger partial charge in [-0.3, -0.25) is 4.98 Å². The summed E-state index contributed by atoms with van der Waals surface area (Å²) in [5.74, 6) is 0. The minimum absolute atomic E-state index is 0.0766. The second kappa shape index (κ2) is 2.91. The van der Waals surface area contributed by atoms with E-state index in [4.69, 9.17) is 16.4 Å². The summed E-state index contributed by atoms with van der Waals surface area (Å²) in [4.78, 5) is 3.68. The van der Waals surface area contributed by atoms with Crippen LogP contribution in [0.4, 0.5) is 5.69 Å². The quantitative estimate of drug-likeness (QED) is 0.693. The molecule has 0 saturated carbocycles. The van der Waals surface area contributed by atoms with Gasteiger partial charge in [0.25, 0.3) is 9.05 Å². The molecule has 1 aromatic rings. The minimum Gasteiger partial charge on any atom is -0.397 e. The maximum absolute atomic E-state index is 10.8. The Balaban J connectivity index is 3.33. The van der Waals surface area contributed by atoms with Crippen molar-refractivity contribution in [2.45, 2.75) is 11.8 Å². The highest BCUT2D eigenvalue weighted by Crippen LogP contribution is 2.17. The molecule has 12 heavy (non-hydrogen) atoms. The van der Waals surface area contributed by atoms with Gasteiger partial charge in [0.2, 0.25) is 0 Å². The van der Waals surface area contributed by atoms with E-state index in [-0.39, 0.29) is 4.90 Å². The Morgan fingerprint density at radius 1 is 1.58 bits per heavy atom. The molecule has 66 valence electrons. The highest BCUT2D eigenvalue weighted by molar-refractivity contribution is 8.13. The fourth-order valence-electron chi connectivity index (χ4n) is 0.663. The van der Waals surface area contributed by atoms with Gasteiger partial charge in [0, 0.05) is 16.9 Å². The number of aromatic nitrogens is 1. The number of halogens is 1. The van der Waals surface area contributed by atoms with Crippen molar-refractivity contribution in [2.24, 2.45) is 0 Å². The molecular formula is C6H7ClN2O2S. The minimum atomic E-state index is -3.71. The molecule has 0 aromatic carbocycles. The van der Waals surface area contributed by atoms with E-state index < -0.39 is 9.05 Å². The first-order valence-electron chi connectivity index (χ1n) is 3.08. The topological polar surface area (TPSA) is 73.0 Å². The van der Waals surface area contributed by atoms with Gasteiger partial charge in [-0.2, -0.15) is 0 Å². The number of pyridine rings is 1. The molecule has 0 amide bonds. The zero-order valence-corrected chi connectivity index (χ0v) is 7.85. The number of nitrogen functional groups attached to an aromatic ring is 1. The zero-order valence-electron chi connectivity index (χ0n) is 6.28. The molecule has 0 atom stereocenters. The summed E-state index contributed by atoms with van der Waals surface area (Å²) < 4.78 is 21.5. The van der Waals surface area contributed by atoms with Crippen molar-refractivity contribution in [3.63, 3.8) is 0 Å². The first-order chi connectivity index (χ1) is 5.41. The van der Waals surface area contributed by atoms with Crippen molar-refractivity contribution in [1.82, 2.24) is 4.98 Å². The average molecular weight is 207 g/mol. The molecule has 0 radical (unpaired) electrons. The van der Waals surface area contributed by atoms with E-state index in [1.165, 1.54) is 12.3 Å². The smallest absolute Gasteiger partial charge is 0.262 e. The van der Waals surface area contributed by atoms with Crippen LogP contribution in [0.5, 0.6) is 0 Å². The van der Waals surface area contributed by atoms with Crippen LogP contribution in [-0.4, -0.2) is 13.4 Å². The third kappa shape index (κ3) is 1.86. The van der Waals surface area contributed by atoms with Gasteiger partial charge in [-0.15, -0.1) is 0 Å². The standard InChI is InChI=1S/C6H7ClN2O2S/c1-4-6(8)2-5(3-9-4)12(7,10)11/h2-3H,8H2,1H3. The summed E-state index contributed by atoms with van der Waals surface area (Å²) in [6.07, 6.45) is 1.17. The predicted octanol–water partition coefficient (Wildman–Crippen LogP) is 0.900. The van der Waals surface area contributed by atoms with E-state index in [0.29, 0.717) is 11.4 Å². The summed E-state index contributed by atoms with van der Waals surface area (Å²) >= 11 is 0. The number of hydrogen-bond donors (Lipinski definition) is 1. The fourth-order valence-corrected chi connectivity index (χ4v) is 1.36. The molecule has 0 spiro atoms. The lowest BCUT2D eigenvalue weighted by atomic mass is 10.3. The number of nitrogens with two attached hydrogens (primary N) is 1. The highest BCUT2D eigenvalue weighted by atomic mass is 35.7. The van der Waals surface area contributed by atoms with Crippen molar-refractivity contribution in [2.75, 3.05) is 5.73 Å². The number of anilines is 1. The lowest BCUT2D eigenvalue weighted by Crippen LogP contribution is -1.97. The highest BCUT2D eigenvalue weighted by Gasteiger charge is 2.10. The van der Waals surface area contributed by atoms with Crippen LogP contribution in [0.15, 0.2) is 17.2 Å². The van der Waals surface area contributed by atoms with Gasteiger partial charge in [-0.25, -0.2) is 8.42 Å². The van der Waals surface area contributed by atoms with E-state index >= 15 is 0 Å². The first-order valence-corrected chi connectivity index (χ1v) is 5.39. The van der Waals surface area contributed by atoms with Crippen LogP contribution < -0.4 is 5.73 Å². The SMILES string of the molecule is Cc1ncc(S(=O)(=O)Cl)cc1N. The largest absolute Gasteiger partial charge is 0.397 e. The summed E-state index contributed by atoms with van der Waals surface area (Å²) in [6.45, 7) is 1.68. The van der Waals surface area contributed by atoms with Crippen LogP contribution >= 0.6 is 10.7 Å². The Kier molecular flexibility index (Phi) is 2.25. The predicted molar refractivity (Wildman–Crippen MR) is 46.4 cm³/mol. The van der Waals surface area contributed by atoms with Crippen LogP contribution in [0.3, 0.4) is 0 Å². The Labute approximate surface area is 74.8 Å². The van der Waals surface area contributed by atoms with Gasteiger partial charge in [-0.1, -0.05) is 0 Å². The Morgan fingerprint density at radius 2 is 2.17 bits per heavy atom. The van der Waals surface area contributed by atoms with Crippen LogP contribution in [0, 0.1) is 6.92 Å². The Hall–Kier alpha value is -0.810. The second-order valence-electron chi connectivity index (χ2n) is 2.28.